The molecule has 4 nitrogen and oxygen atoms in total. The van der Waals surface area contributed by atoms with Crippen LogP contribution in [0.25, 0.3) is 16.6 Å². The maximum absolute atomic E-state index is 14.7. The van der Waals surface area contributed by atoms with Gasteiger partial charge in [-0.1, -0.05) is 37.0 Å². The Kier molecular flexibility index (Phi) is 5.65. The van der Waals surface area contributed by atoms with Gasteiger partial charge < -0.3 is 9.67 Å². The lowest BCUT2D eigenvalue weighted by Gasteiger charge is -2.22. The van der Waals surface area contributed by atoms with Crippen LogP contribution in [0.15, 0.2) is 23.0 Å². The van der Waals surface area contributed by atoms with Crippen LogP contribution in [-0.4, -0.2) is 15.6 Å². The zero-order chi connectivity index (χ0) is 21.6. The minimum Gasteiger partial charge on any atom is -0.477 e. The average molecular weight is 444 g/mol. The standard InChI is InChI=1S/C20H14Cl2F3NO3/c1-3-9-15(21)17(25)16(22)14-18(9)26(12-6-5-8(23)7-10(12)24)11(4-2)13(19(14)27)20(28)29/h5-7H,3-4H2,1-2H3,(H,28,29). The molecule has 3 aromatic rings. The third-order valence-corrected chi connectivity index (χ3v) is 5.43. The van der Waals surface area contributed by atoms with Crippen LogP contribution in [0.5, 0.6) is 0 Å². The number of rotatable bonds is 4. The number of benzene rings is 2. The van der Waals surface area contributed by atoms with Gasteiger partial charge in [0.25, 0.3) is 0 Å². The van der Waals surface area contributed by atoms with Crippen molar-refractivity contribution < 1.29 is 23.1 Å². The van der Waals surface area contributed by atoms with Crippen LogP contribution in [0, 0.1) is 17.5 Å². The van der Waals surface area contributed by atoms with Gasteiger partial charge in [-0.2, -0.15) is 0 Å². The summed E-state index contributed by atoms with van der Waals surface area (Å²) in [5, 5.41) is 8.19. The van der Waals surface area contributed by atoms with Crippen molar-refractivity contribution in [1.29, 1.82) is 0 Å². The Labute approximate surface area is 173 Å². The molecule has 152 valence electrons. The van der Waals surface area contributed by atoms with Crippen LogP contribution in [0.3, 0.4) is 0 Å². The second-order valence-electron chi connectivity index (χ2n) is 6.24. The monoisotopic (exact) mass is 443 g/mol. The van der Waals surface area contributed by atoms with Crippen LogP contribution >= 0.6 is 23.2 Å². The van der Waals surface area contributed by atoms with Crippen molar-refractivity contribution in [2.24, 2.45) is 0 Å². The zero-order valence-electron chi connectivity index (χ0n) is 15.2. The molecule has 0 amide bonds. The second kappa shape index (κ2) is 7.72. The fraction of sp³-hybridized carbons (Fsp3) is 0.200. The normalized spacial score (nSPS) is 11.3. The first-order chi connectivity index (χ1) is 13.6. The fourth-order valence-electron chi connectivity index (χ4n) is 3.46. The van der Waals surface area contributed by atoms with E-state index in [9.17, 15) is 27.9 Å². The molecule has 1 N–H and O–H groups in total. The Bertz CT molecular complexity index is 1240. The molecule has 29 heavy (non-hydrogen) atoms. The first-order valence-electron chi connectivity index (χ1n) is 8.61. The molecule has 0 radical (unpaired) electrons. The number of aryl methyl sites for hydroxylation is 1. The number of carboxylic acids is 1. The van der Waals surface area contributed by atoms with Gasteiger partial charge in [-0.15, -0.1) is 0 Å². The number of hydrogen-bond acceptors (Lipinski definition) is 2. The van der Waals surface area contributed by atoms with Gasteiger partial charge in [-0.05, 0) is 30.5 Å². The Morgan fingerprint density at radius 2 is 1.76 bits per heavy atom. The molecule has 0 unspecified atom stereocenters. The van der Waals surface area contributed by atoms with Crippen LogP contribution in [0.2, 0.25) is 10.0 Å². The van der Waals surface area contributed by atoms with Gasteiger partial charge in [0.15, 0.2) is 5.82 Å². The van der Waals surface area contributed by atoms with Gasteiger partial charge in [-0.3, -0.25) is 4.79 Å². The number of carboxylic acid groups (broad SMARTS) is 1. The summed E-state index contributed by atoms with van der Waals surface area (Å²) in [5.74, 6) is -4.48. The number of aromatic carboxylic acids is 1. The zero-order valence-corrected chi connectivity index (χ0v) is 16.8. The van der Waals surface area contributed by atoms with Crippen molar-refractivity contribution in [2.45, 2.75) is 26.7 Å². The van der Waals surface area contributed by atoms with Gasteiger partial charge >= 0.3 is 5.97 Å². The maximum Gasteiger partial charge on any atom is 0.341 e. The summed E-state index contributed by atoms with van der Waals surface area (Å²) >= 11 is 12.2. The molecule has 0 aliphatic heterocycles. The summed E-state index contributed by atoms with van der Waals surface area (Å²) in [6.07, 6.45) is 0.153. The molecule has 2 aromatic carbocycles. The predicted molar refractivity (Wildman–Crippen MR) is 105 cm³/mol. The van der Waals surface area contributed by atoms with Crippen molar-refractivity contribution in [1.82, 2.24) is 4.57 Å². The lowest BCUT2D eigenvalue weighted by Crippen LogP contribution is -2.25. The summed E-state index contributed by atoms with van der Waals surface area (Å²) in [6, 6.07) is 2.71. The van der Waals surface area contributed by atoms with Gasteiger partial charge in [0.2, 0.25) is 5.43 Å². The van der Waals surface area contributed by atoms with Gasteiger partial charge in [0, 0.05) is 11.8 Å². The van der Waals surface area contributed by atoms with E-state index in [1.165, 1.54) is 0 Å². The van der Waals surface area contributed by atoms with Gasteiger partial charge in [0.1, 0.15) is 17.2 Å². The molecular weight excluding hydrogens is 430 g/mol. The Morgan fingerprint density at radius 1 is 1.10 bits per heavy atom. The van der Waals surface area contributed by atoms with Crippen LogP contribution in [-0.2, 0) is 12.8 Å². The SMILES string of the molecule is CCc1c(Cl)c(F)c(Cl)c2c(=O)c(C(=O)O)c(CC)n(-c3ccc(F)cc3F)c12. The average Bonchev–Trinajstić information content (AvgIpc) is 2.66. The summed E-state index contributed by atoms with van der Waals surface area (Å²) in [4.78, 5) is 24.8. The molecule has 9 heteroatoms. The highest BCUT2D eigenvalue weighted by atomic mass is 35.5. The van der Waals surface area contributed by atoms with Crippen LogP contribution in [0.4, 0.5) is 13.2 Å². The summed E-state index contributed by atoms with van der Waals surface area (Å²) in [6.45, 7) is 3.21. The van der Waals surface area contributed by atoms with Crippen molar-refractivity contribution in [2.75, 3.05) is 0 Å². The molecule has 0 saturated carbocycles. The van der Waals surface area contributed by atoms with Gasteiger partial charge in [-0.25, -0.2) is 18.0 Å². The Hall–Kier alpha value is -2.51. The molecule has 1 heterocycles. The first kappa shape index (κ1) is 21.2. The van der Waals surface area contributed by atoms with E-state index in [1.54, 1.807) is 13.8 Å². The number of hydrogen-bond donors (Lipinski definition) is 1. The van der Waals surface area contributed by atoms with E-state index in [4.69, 9.17) is 23.2 Å². The number of carbonyl (C=O) groups is 1. The second-order valence-corrected chi connectivity index (χ2v) is 6.99. The molecule has 0 saturated heterocycles. The van der Waals surface area contributed by atoms with E-state index in [0.29, 0.717) is 6.07 Å². The summed E-state index contributed by atoms with van der Waals surface area (Å²) in [7, 11) is 0. The molecular formula is C20H14Cl2F3NO3. The molecule has 0 bridgehead atoms. The summed E-state index contributed by atoms with van der Waals surface area (Å²) in [5.41, 5.74) is -1.80. The highest BCUT2D eigenvalue weighted by Crippen LogP contribution is 2.37. The van der Waals surface area contributed by atoms with E-state index >= 15 is 0 Å². The molecule has 0 aliphatic carbocycles. The third kappa shape index (κ3) is 3.18. The van der Waals surface area contributed by atoms with E-state index in [-0.39, 0.29) is 40.3 Å². The number of fused-ring (bicyclic) bond motifs is 1. The lowest BCUT2D eigenvalue weighted by molar-refractivity contribution is 0.0693. The third-order valence-electron chi connectivity index (χ3n) is 4.68. The number of halogens is 5. The topological polar surface area (TPSA) is 59.3 Å². The first-order valence-corrected chi connectivity index (χ1v) is 9.36. The molecule has 1 aromatic heterocycles. The van der Waals surface area contributed by atoms with Crippen molar-refractivity contribution >= 4 is 40.1 Å². The van der Waals surface area contributed by atoms with Crippen molar-refractivity contribution in [3.05, 3.63) is 72.7 Å². The smallest absolute Gasteiger partial charge is 0.341 e. The van der Waals surface area contributed by atoms with E-state index < -0.39 is 44.8 Å². The quantitative estimate of drug-likeness (QED) is 0.538. The van der Waals surface area contributed by atoms with Crippen LogP contribution in [0.1, 0.15) is 35.5 Å². The highest BCUT2D eigenvalue weighted by molar-refractivity contribution is 6.39. The largest absolute Gasteiger partial charge is 0.477 e. The Balaban J connectivity index is 2.77. The summed E-state index contributed by atoms with van der Waals surface area (Å²) < 4.78 is 43.9. The van der Waals surface area contributed by atoms with Crippen molar-refractivity contribution in [3.8, 4) is 5.69 Å². The molecule has 0 atom stereocenters. The molecule has 0 spiro atoms. The van der Waals surface area contributed by atoms with E-state index in [2.05, 4.69) is 0 Å². The predicted octanol–water partition coefficient (Wildman–Crippen LogP) is 5.54. The Morgan fingerprint density at radius 3 is 2.28 bits per heavy atom. The van der Waals surface area contributed by atoms with Gasteiger partial charge in [0.05, 0.1) is 26.6 Å². The fourth-order valence-corrected chi connectivity index (χ4v) is 4.10. The maximum atomic E-state index is 14.7. The minimum absolute atomic E-state index is 0.0127. The number of aromatic nitrogens is 1. The number of nitrogens with zero attached hydrogens (tertiary/aromatic N) is 1. The molecule has 3 rings (SSSR count). The van der Waals surface area contributed by atoms with E-state index in [1.807, 2.05) is 0 Å². The van der Waals surface area contributed by atoms with E-state index in [0.717, 1.165) is 16.7 Å². The van der Waals surface area contributed by atoms with Crippen molar-refractivity contribution in [3.63, 3.8) is 0 Å². The highest BCUT2D eigenvalue weighted by Gasteiger charge is 2.29. The number of pyridine rings is 1. The minimum atomic E-state index is -1.57. The lowest BCUT2D eigenvalue weighted by atomic mass is 10.00. The van der Waals surface area contributed by atoms with Crippen LogP contribution < -0.4 is 5.43 Å². The molecule has 0 fully saturated rings. The molecule has 0 aliphatic rings.